The fourth-order valence-electron chi connectivity index (χ4n) is 1.49. The normalized spacial score (nSPS) is 11.2. The molecular weight excluding hydrogens is 330 g/mol. The number of aliphatic hydroxyl groups excluding tert-OH is 1. The zero-order chi connectivity index (χ0) is 16.2. The van der Waals surface area contributed by atoms with Crippen LogP contribution < -0.4 is 10.5 Å². The number of carbonyl (C=O) groups excluding carboxylic acids is 1. The summed E-state index contributed by atoms with van der Waals surface area (Å²) in [5.74, 6) is -0.622. The lowest BCUT2D eigenvalue weighted by atomic mass is 10.3. The number of hydrogen-bond donors (Lipinski definition) is 3. The van der Waals surface area contributed by atoms with E-state index in [9.17, 15) is 13.2 Å². The third-order valence-corrected chi connectivity index (χ3v) is 4.16. The van der Waals surface area contributed by atoms with Gasteiger partial charge < -0.3 is 15.2 Å². The Hall–Kier alpha value is -2.01. The van der Waals surface area contributed by atoms with E-state index in [4.69, 9.17) is 15.0 Å². The minimum atomic E-state index is -3.73. The molecule has 0 spiro atoms. The third kappa shape index (κ3) is 4.24. The number of nitrogens with two attached hydrogens (primary N) is 1. The molecule has 0 fully saturated rings. The van der Waals surface area contributed by atoms with Crippen molar-refractivity contribution >= 4 is 38.1 Å². The summed E-state index contributed by atoms with van der Waals surface area (Å²) in [7, 11) is -3.73. The Morgan fingerprint density at radius 2 is 2.05 bits per heavy atom. The zero-order valence-electron chi connectivity index (χ0n) is 11.2. The van der Waals surface area contributed by atoms with E-state index in [0.29, 0.717) is 10.8 Å². The Morgan fingerprint density at radius 3 is 2.64 bits per heavy atom. The third-order valence-electron chi connectivity index (χ3n) is 2.47. The maximum atomic E-state index is 11.5. The summed E-state index contributed by atoms with van der Waals surface area (Å²) < 4.78 is 27.0. The van der Waals surface area contributed by atoms with Crippen LogP contribution in [-0.4, -0.2) is 37.7 Å². The molecule has 0 saturated carbocycles. The molecule has 2 aromatic rings. The van der Waals surface area contributed by atoms with E-state index in [0.717, 1.165) is 0 Å². The van der Waals surface area contributed by atoms with Gasteiger partial charge in [-0.3, -0.25) is 0 Å². The fourth-order valence-corrected chi connectivity index (χ4v) is 2.70. The molecular formula is C12H13N3O5S2. The van der Waals surface area contributed by atoms with Crippen molar-refractivity contribution in [3.8, 4) is 0 Å². The lowest BCUT2D eigenvalue weighted by molar-refractivity contribution is 0.0428. The maximum Gasteiger partial charge on any atom is 0.357 e. The number of nitrogens with zero attached hydrogens (tertiary/aromatic N) is 1. The number of thiazole rings is 1. The van der Waals surface area contributed by atoms with Crippen LogP contribution in [0.25, 0.3) is 0 Å². The van der Waals surface area contributed by atoms with Crippen LogP contribution in [-0.2, 0) is 14.8 Å². The largest absolute Gasteiger partial charge is 0.459 e. The van der Waals surface area contributed by atoms with Crippen molar-refractivity contribution in [2.45, 2.75) is 4.90 Å². The van der Waals surface area contributed by atoms with E-state index in [2.05, 4.69) is 10.3 Å². The van der Waals surface area contributed by atoms with Gasteiger partial charge in [-0.2, -0.15) is 0 Å². The molecule has 1 aromatic heterocycles. The molecule has 0 aliphatic heterocycles. The smallest absolute Gasteiger partial charge is 0.357 e. The molecule has 0 atom stereocenters. The molecule has 10 heteroatoms. The molecule has 8 nitrogen and oxygen atoms in total. The van der Waals surface area contributed by atoms with Gasteiger partial charge in [-0.25, -0.2) is 23.3 Å². The SMILES string of the molecule is NS(=O)(=O)c1ccc(Nc2nc(C(=O)OCCO)cs2)cc1. The van der Waals surface area contributed by atoms with Crippen LogP contribution in [0.1, 0.15) is 10.5 Å². The zero-order valence-corrected chi connectivity index (χ0v) is 12.9. The molecule has 0 saturated heterocycles. The molecule has 2 rings (SSSR count). The molecule has 0 aliphatic rings. The van der Waals surface area contributed by atoms with Crippen molar-refractivity contribution in [1.82, 2.24) is 4.98 Å². The van der Waals surface area contributed by atoms with Gasteiger partial charge >= 0.3 is 5.97 Å². The van der Waals surface area contributed by atoms with Crippen molar-refractivity contribution in [1.29, 1.82) is 0 Å². The average molecular weight is 343 g/mol. The van der Waals surface area contributed by atoms with Gasteiger partial charge in [0.05, 0.1) is 11.5 Å². The quantitative estimate of drug-likeness (QED) is 0.657. The van der Waals surface area contributed by atoms with Gasteiger partial charge in [0, 0.05) is 11.1 Å². The van der Waals surface area contributed by atoms with Gasteiger partial charge in [0.1, 0.15) is 6.61 Å². The van der Waals surface area contributed by atoms with E-state index in [1.807, 2.05) is 0 Å². The molecule has 22 heavy (non-hydrogen) atoms. The van der Waals surface area contributed by atoms with Crippen LogP contribution in [0.4, 0.5) is 10.8 Å². The molecule has 1 aromatic carbocycles. The minimum absolute atomic E-state index is 0.00505. The number of anilines is 2. The molecule has 4 N–H and O–H groups in total. The van der Waals surface area contributed by atoms with Crippen LogP contribution in [0.3, 0.4) is 0 Å². The second-order valence-electron chi connectivity index (χ2n) is 4.09. The first kappa shape index (κ1) is 16.4. The molecule has 0 aliphatic carbocycles. The first-order chi connectivity index (χ1) is 10.4. The summed E-state index contributed by atoms with van der Waals surface area (Å²) in [6.45, 7) is -0.342. The van der Waals surface area contributed by atoms with Crippen LogP contribution in [0.5, 0.6) is 0 Å². The van der Waals surface area contributed by atoms with Gasteiger partial charge in [0.15, 0.2) is 10.8 Å². The number of nitrogens with one attached hydrogen (secondary N) is 1. The van der Waals surface area contributed by atoms with Crippen LogP contribution >= 0.6 is 11.3 Å². The standard InChI is InChI=1S/C12H13N3O5S2/c13-22(18,19)9-3-1-8(2-4-9)14-12-15-10(7-21-12)11(17)20-6-5-16/h1-4,7,16H,5-6H2,(H,14,15)(H2,13,18,19). The van der Waals surface area contributed by atoms with Crippen molar-refractivity contribution in [2.75, 3.05) is 18.5 Å². The summed E-state index contributed by atoms with van der Waals surface area (Å²) in [5, 5.41) is 18.5. The number of rotatable bonds is 6. The summed E-state index contributed by atoms with van der Waals surface area (Å²) in [4.78, 5) is 15.6. The number of benzene rings is 1. The number of ether oxygens (including phenoxy) is 1. The summed E-state index contributed by atoms with van der Waals surface area (Å²) in [5.41, 5.74) is 0.721. The highest BCUT2D eigenvalue weighted by Crippen LogP contribution is 2.22. The Labute approximate surface area is 130 Å². The number of hydrogen-bond acceptors (Lipinski definition) is 8. The lowest BCUT2D eigenvalue weighted by Crippen LogP contribution is -2.11. The first-order valence-corrected chi connectivity index (χ1v) is 8.46. The topological polar surface area (TPSA) is 132 Å². The maximum absolute atomic E-state index is 11.5. The van der Waals surface area contributed by atoms with E-state index in [-0.39, 0.29) is 23.8 Å². The highest BCUT2D eigenvalue weighted by atomic mass is 32.2. The van der Waals surface area contributed by atoms with E-state index < -0.39 is 16.0 Å². The van der Waals surface area contributed by atoms with E-state index in [1.165, 1.54) is 41.0 Å². The van der Waals surface area contributed by atoms with Gasteiger partial charge in [-0.05, 0) is 24.3 Å². The lowest BCUT2D eigenvalue weighted by Gasteiger charge is -2.03. The number of aliphatic hydroxyl groups is 1. The molecule has 0 bridgehead atoms. The van der Waals surface area contributed by atoms with E-state index >= 15 is 0 Å². The Balaban J connectivity index is 2.05. The highest BCUT2D eigenvalue weighted by Gasteiger charge is 2.12. The Kier molecular flexibility index (Phi) is 5.08. The second-order valence-corrected chi connectivity index (χ2v) is 6.51. The van der Waals surface area contributed by atoms with Crippen molar-refractivity contribution in [3.63, 3.8) is 0 Å². The molecule has 0 unspecified atom stereocenters. The Bertz CT molecular complexity index is 755. The number of primary sulfonamides is 1. The highest BCUT2D eigenvalue weighted by molar-refractivity contribution is 7.89. The first-order valence-electron chi connectivity index (χ1n) is 6.03. The van der Waals surface area contributed by atoms with E-state index in [1.54, 1.807) is 0 Å². The van der Waals surface area contributed by atoms with Gasteiger partial charge in [-0.1, -0.05) is 0 Å². The number of aromatic nitrogens is 1. The van der Waals surface area contributed by atoms with Crippen molar-refractivity contribution in [2.24, 2.45) is 5.14 Å². The monoisotopic (exact) mass is 343 g/mol. The van der Waals surface area contributed by atoms with Gasteiger partial charge in [0.2, 0.25) is 10.0 Å². The fraction of sp³-hybridized carbons (Fsp3) is 0.167. The second kappa shape index (κ2) is 6.83. The summed E-state index contributed by atoms with van der Waals surface area (Å²) >= 11 is 1.19. The van der Waals surface area contributed by atoms with Crippen LogP contribution in [0.2, 0.25) is 0 Å². The van der Waals surface area contributed by atoms with Gasteiger partial charge in [0.25, 0.3) is 0 Å². The van der Waals surface area contributed by atoms with Crippen molar-refractivity contribution < 1.29 is 23.1 Å². The molecule has 118 valence electrons. The number of carbonyl (C=O) groups is 1. The number of sulfonamides is 1. The van der Waals surface area contributed by atoms with Crippen molar-refractivity contribution in [3.05, 3.63) is 35.3 Å². The average Bonchev–Trinajstić information content (AvgIpc) is 2.93. The van der Waals surface area contributed by atoms with Crippen LogP contribution in [0.15, 0.2) is 34.5 Å². The molecule has 0 radical (unpaired) electrons. The predicted molar refractivity (Wildman–Crippen MR) is 80.6 cm³/mol. The summed E-state index contributed by atoms with van der Waals surface area (Å²) in [6, 6.07) is 5.79. The molecule has 1 heterocycles. The summed E-state index contributed by atoms with van der Waals surface area (Å²) in [6.07, 6.45) is 0. The van der Waals surface area contributed by atoms with Crippen LogP contribution in [0, 0.1) is 0 Å². The molecule has 0 amide bonds. The Morgan fingerprint density at radius 1 is 1.36 bits per heavy atom. The van der Waals surface area contributed by atoms with Gasteiger partial charge in [-0.15, -0.1) is 11.3 Å². The number of esters is 1. The minimum Gasteiger partial charge on any atom is -0.459 e. The predicted octanol–water partition coefficient (Wildman–Crippen LogP) is 0.683.